The molecule has 0 spiro atoms. The van der Waals surface area contributed by atoms with Crippen LogP contribution in [0, 0.1) is 0 Å². The Kier molecular flexibility index (Phi) is 6.14. The van der Waals surface area contributed by atoms with Crippen molar-refractivity contribution < 1.29 is 13.5 Å². The highest BCUT2D eigenvalue weighted by Crippen LogP contribution is 2.27. The minimum absolute atomic E-state index is 0.428. The summed E-state index contributed by atoms with van der Waals surface area (Å²) in [6.45, 7) is 1.34. The molecule has 2 rings (SSSR count). The highest BCUT2D eigenvalue weighted by molar-refractivity contribution is 9.10. The first-order valence-electron chi connectivity index (χ1n) is 6.82. The zero-order valence-electron chi connectivity index (χ0n) is 11.9. The summed E-state index contributed by atoms with van der Waals surface area (Å²) >= 11 is 5.11. The third-order valence-corrected chi connectivity index (χ3v) is 7.05. The Morgan fingerprint density at radius 1 is 1.48 bits per heavy atom. The number of sulfone groups is 1. The van der Waals surface area contributed by atoms with Gasteiger partial charge in [0, 0.05) is 35.3 Å². The number of nitrogens with zero attached hydrogens (tertiary/aromatic N) is 1. The molecule has 0 amide bonds. The fourth-order valence-corrected chi connectivity index (χ4v) is 5.98. The lowest BCUT2D eigenvalue weighted by Crippen LogP contribution is -2.47. The molecule has 2 atom stereocenters. The first kappa shape index (κ1) is 17.3. The molecule has 21 heavy (non-hydrogen) atoms. The second kappa shape index (κ2) is 7.46. The molecule has 0 aliphatic carbocycles. The van der Waals surface area contributed by atoms with Gasteiger partial charge in [-0.05, 0) is 18.1 Å². The van der Waals surface area contributed by atoms with Crippen molar-refractivity contribution in [1.82, 2.24) is 4.90 Å². The molecule has 1 aromatic rings. The zero-order valence-corrected chi connectivity index (χ0v) is 15.1. The summed E-state index contributed by atoms with van der Waals surface area (Å²) in [7, 11) is -3.08. The summed E-state index contributed by atoms with van der Waals surface area (Å²) in [4.78, 5) is 1.98. The number of halogens is 1. The molecule has 118 valence electrons. The van der Waals surface area contributed by atoms with E-state index in [4.69, 9.17) is 0 Å². The second-order valence-electron chi connectivity index (χ2n) is 5.22. The molecule has 4 nitrogen and oxygen atoms in total. The van der Waals surface area contributed by atoms with Crippen molar-refractivity contribution in [2.45, 2.75) is 17.9 Å². The molecule has 0 aromatic heterocycles. The van der Waals surface area contributed by atoms with Crippen molar-refractivity contribution in [3.8, 4) is 0 Å². The molecule has 0 radical (unpaired) electrons. The normalized spacial score (nSPS) is 22.1. The van der Waals surface area contributed by atoms with Crippen LogP contribution >= 0.6 is 27.7 Å². The number of aliphatic hydroxyl groups is 1. The molecule has 7 heteroatoms. The lowest BCUT2D eigenvalue weighted by atomic mass is 10.1. The minimum atomic E-state index is -3.08. The Morgan fingerprint density at radius 2 is 2.19 bits per heavy atom. The van der Waals surface area contributed by atoms with Crippen LogP contribution < -0.4 is 0 Å². The van der Waals surface area contributed by atoms with Crippen molar-refractivity contribution >= 4 is 37.5 Å². The van der Waals surface area contributed by atoms with Gasteiger partial charge in [-0.1, -0.05) is 34.1 Å². The summed E-state index contributed by atoms with van der Waals surface area (Å²) < 4.78 is 24.6. The summed E-state index contributed by atoms with van der Waals surface area (Å²) in [5.74, 6) is 1.56. The molecule has 0 saturated carbocycles. The van der Waals surface area contributed by atoms with E-state index in [2.05, 4.69) is 15.9 Å². The van der Waals surface area contributed by atoms with E-state index in [1.165, 1.54) is 6.26 Å². The Morgan fingerprint density at radius 3 is 2.86 bits per heavy atom. The van der Waals surface area contributed by atoms with Crippen LogP contribution in [0.25, 0.3) is 0 Å². The van der Waals surface area contributed by atoms with Crippen molar-refractivity contribution in [1.29, 1.82) is 0 Å². The molecule has 1 aliphatic rings. The lowest BCUT2D eigenvalue weighted by molar-refractivity contribution is 0.140. The molecule has 2 unspecified atom stereocenters. The third kappa shape index (κ3) is 4.69. The van der Waals surface area contributed by atoms with Crippen LogP contribution in [0.3, 0.4) is 0 Å². The molecule has 1 aliphatic heterocycles. The molecule has 1 aromatic carbocycles. The highest BCUT2D eigenvalue weighted by Gasteiger charge is 2.31. The average Bonchev–Trinajstić information content (AvgIpc) is 2.44. The van der Waals surface area contributed by atoms with Crippen molar-refractivity contribution in [2.24, 2.45) is 0 Å². The number of hydrogen-bond acceptors (Lipinski definition) is 5. The molecule has 0 bridgehead atoms. The van der Waals surface area contributed by atoms with Gasteiger partial charge in [-0.3, -0.25) is 4.90 Å². The van der Waals surface area contributed by atoms with Gasteiger partial charge >= 0.3 is 0 Å². The smallest absolute Gasteiger partial charge is 0.164 e. The van der Waals surface area contributed by atoms with Crippen molar-refractivity contribution in [3.63, 3.8) is 0 Å². The fraction of sp³-hybridized carbons (Fsp3) is 0.571. The summed E-state index contributed by atoms with van der Waals surface area (Å²) in [6, 6.07) is 7.58. The first-order valence-corrected chi connectivity index (χ1v) is 10.7. The van der Waals surface area contributed by atoms with E-state index < -0.39 is 21.3 Å². The maximum absolute atomic E-state index is 11.8. The van der Waals surface area contributed by atoms with E-state index in [0.29, 0.717) is 18.7 Å². The molecular weight excluding hydrogens is 374 g/mol. The molecule has 1 heterocycles. The summed E-state index contributed by atoms with van der Waals surface area (Å²) in [6.07, 6.45) is 1.23. The molecule has 1 fully saturated rings. The summed E-state index contributed by atoms with van der Waals surface area (Å²) in [5, 5.41) is 9.88. The van der Waals surface area contributed by atoms with Crippen LogP contribution in [0.1, 0.15) is 18.1 Å². The van der Waals surface area contributed by atoms with Crippen LogP contribution in [-0.4, -0.2) is 54.6 Å². The van der Waals surface area contributed by atoms with Gasteiger partial charge in [-0.2, -0.15) is 11.8 Å². The number of hydrogen-bond donors (Lipinski definition) is 1. The monoisotopic (exact) mass is 393 g/mol. The van der Waals surface area contributed by atoms with Gasteiger partial charge in [0.2, 0.25) is 0 Å². The van der Waals surface area contributed by atoms with E-state index in [-0.39, 0.29) is 0 Å². The second-order valence-corrected chi connectivity index (χ2v) is 9.43. The van der Waals surface area contributed by atoms with Gasteiger partial charge in [-0.25, -0.2) is 8.42 Å². The maximum atomic E-state index is 11.8. The van der Waals surface area contributed by atoms with Crippen LogP contribution in [0.15, 0.2) is 28.7 Å². The third-order valence-electron chi connectivity index (χ3n) is 3.64. The fourth-order valence-electron chi connectivity index (χ4n) is 2.45. The highest BCUT2D eigenvalue weighted by atomic mass is 79.9. The van der Waals surface area contributed by atoms with Crippen LogP contribution in [0.2, 0.25) is 0 Å². The molecular formula is C14H20BrNO3S2. The van der Waals surface area contributed by atoms with Gasteiger partial charge in [0.15, 0.2) is 9.84 Å². The number of rotatable bonds is 5. The van der Waals surface area contributed by atoms with E-state index >= 15 is 0 Å². The van der Waals surface area contributed by atoms with Gasteiger partial charge in [0.1, 0.15) is 5.37 Å². The Balaban J connectivity index is 1.99. The Labute approximate surface area is 139 Å². The van der Waals surface area contributed by atoms with Crippen LogP contribution in [0.4, 0.5) is 0 Å². The predicted octanol–water partition coefficient (Wildman–Crippen LogP) is 2.29. The molecule has 1 N–H and O–H groups in total. The zero-order chi connectivity index (χ0) is 15.5. The number of benzene rings is 1. The SMILES string of the molecule is CS(=O)(=O)C1CSCCN1CCC(O)c1ccccc1Br. The van der Waals surface area contributed by atoms with Crippen LogP contribution in [-0.2, 0) is 9.84 Å². The van der Waals surface area contributed by atoms with Gasteiger partial charge < -0.3 is 5.11 Å². The first-order chi connectivity index (χ1) is 9.89. The minimum Gasteiger partial charge on any atom is -0.388 e. The van der Waals surface area contributed by atoms with E-state index in [9.17, 15) is 13.5 Å². The van der Waals surface area contributed by atoms with Gasteiger partial charge in [-0.15, -0.1) is 0 Å². The van der Waals surface area contributed by atoms with Crippen molar-refractivity contribution in [2.75, 3.05) is 30.9 Å². The Hall–Kier alpha value is -0.0800. The van der Waals surface area contributed by atoms with Crippen molar-refractivity contribution in [3.05, 3.63) is 34.3 Å². The maximum Gasteiger partial charge on any atom is 0.164 e. The van der Waals surface area contributed by atoms with Gasteiger partial charge in [0.05, 0.1) is 6.10 Å². The largest absolute Gasteiger partial charge is 0.388 e. The van der Waals surface area contributed by atoms with Crippen LogP contribution in [0.5, 0.6) is 0 Å². The predicted molar refractivity (Wildman–Crippen MR) is 91.2 cm³/mol. The standard InChI is InChI=1S/C14H20BrNO3S2/c1-21(18,19)14-10-20-9-8-16(14)7-6-13(17)11-4-2-3-5-12(11)15/h2-5,13-14,17H,6-10H2,1H3. The van der Waals surface area contributed by atoms with E-state index in [1.807, 2.05) is 29.2 Å². The average molecular weight is 394 g/mol. The molecule has 1 saturated heterocycles. The summed E-state index contributed by atoms with van der Waals surface area (Å²) in [5.41, 5.74) is 0.847. The number of thioether (sulfide) groups is 1. The Bertz CT molecular complexity index is 579. The topological polar surface area (TPSA) is 57.6 Å². The quantitative estimate of drug-likeness (QED) is 0.831. The lowest BCUT2D eigenvalue weighted by Gasteiger charge is -2.34. The van der Waals surface area contributed by atoms with Gasteiger partial charge in [0.25, 0.3) is 0 Å². The number of aliphatic hydroxyl groups excluding tert-OH is 1. The van der Waals surface area contributed by atoms with E-state index in [0.717, 1.165) is 22.3 Å². The van der Waals surface area contributed by atoms with E-state index in [1.54, 1.807) is 11.8 Å².